The summed E-state index contributed by atoms with van der Waals surface area (Å²) in [6.07, 6.45) is 0.604. The van der Waals surface area contributed by atoms with Gasteiger partial charge in [-0.2, -0.15) is 4.98 Å². The Morgan fingerprint density at radius 3 is 2.50 bits per heavy atom. The van der Waals surface area contributed by atoms with Crippen LogP contribution in [0.1, 0.15) is 16.0 Å². The van der Waals surface area contributed by atoms with Crippen molar-refractivity contribution < 1.29 is 14.6 Å². The standard InChI is InChI=1S/C23H27N3O3S/c1-25-10-12-26(13-11-25)23-24-22(27)21(30-23)15-18-8-9-19(20(14-18)28-2)29-16-17-6-4-3-5-7-17/h3-9,14,27H,10-13,15-16H2,1-2H3. The topological polar surface area (TPSA) is 58.1 Å². The maximum Gasteiger partial charge on any atom is 0.227 e. The summed E-state index contributed by atoms with van der Waals surface area (Å²) in [5, 5.41) is 11.3. The van der Waals surface area contributed by atoms with E-state index in [-0.39, 0.29) is 5.88 Å². The monoisotopic (exact) mass is 425 g/mol. The van der Waals surface area contributed by atoms with Crippen molar-refractivity contribution in [3.05, 3.63) is 64.5 Å². The van der Waals surface area contributed by atoms with E-state index in [4.69, 9.17) is 9.47 Å². The summed E-state index contributed by atoms with van der Waals surface area (Å²) in [6, 6.07) is 16.0. The van der Waals surface area contributed by atoms with Crippen LogP contribution in [0.5, 0.6) is 17.4 Å². The second-order valence-electron chi connectivity index (χ2n) is 7.47. The van der Waals surface area contributed by atoms with Crippen molar-refractivity contribution >= 4 is 16.5 Å². The first kappa shape index (κ1) is 20.5. The number of anilines is 1. The first-order chi connectivity index (χ1) is 14.6. The van der Waals surface area contributed by atoms with Crippen LogP contribution in [0.2, 0.25) is 0 Å². The van der Waals surface area contributed by atoms with E-state index in [1.807, 2.05) is 48.5 Å². The van der Waals surface area contributed by atoms with Crippen LogP contribution in [0.4, 0.5) is 5.13 Å². The molecule has 1 N–H and O–H groups in total. The minimum absolute atomic E-state index is 0.122. The van der Waals surface area contributed by atoms with Gasteiger partial charge in [0.05, 0.1) is 12.0 Å². The lowest BCUT2D eigenvalue weighted by Gasteiger charge is -2.31. The van der Waals surface area contributed by atoms with Crippen LogP contribution in [0.3, 0.4) is 0 Å². The summed E-state index contributed by atoms with van der Waals surface area (Å²) >= 11 is 1.56. The molecule has 1 fully saturated rings. The van der Waals surface area contributed by atoms with Gasteiger partial charge in [0, 0.05) is 32.6 Å². The third-order valence-electron chi connectivity index (χ3n) is 5.27. The molecule has 0 radical (unpaired) electrons. The molecule has 0 aliphatic carbocycles. The average molecular weight is 426 g/mol. The third-order valence-corrected chi connectivity index (χ3v) is 6.37. The molecule has 0 spiro atoms. The summed E-state index contributed by atoms with van der Waals surface area (Å²) in [7, 11) is 3.77. The molecule has 1 aliphatic heterocycles. The molecule has 7 heteroatoms. The lowest BCUT2D eigenvalue weighted by atomic mass is 10.1. The van der Waals surface area contributed by atoms with Gasteiger partial charge >= 0.3 is 0 Å². The third kappa shape index (κ3) is 4.86. The molecule has 2 aromatic carbocycles. The molecule has 0 saturated carbocycles. The summed E-state index contributed by atoms with van der Waals surface area (Å²) in [4.78, 5) is 9.82. The second-order valence-corrected chi connectivity index (χ2v) is 8.53. The van der Waals surface area contributed by atoms with Gasteiger partial charge in [-0.05, 0) is 30.3 Å². The molecule has 158 valence electrons. The normalized spacial score (nSPS) is 14.7. The van der Waals surface area contributed by atoms with Crippen molar-refractivity contribution in [3.63, 3.8) is 0 Å². The van der Waals surface area contributed by atoms with Gasteiger partial charge in [0.25, 0.3) is 0 Å². The fraction of sp³-hybridized carbons (Fsp3) is 0.348. The van der Waals surface area contributed by atoms with Crippen LogP contribution in [-0.2, 0) is 13.0 Å². The minimum atomic E-state index is 0.122. The van der Waals surface area contributed by atoms with Crippen molar-refractivity contribution in [3.8, 4) is 17.4 Å². The zero-order valence-corrected chi connectivity index (χ0v) is 18.2. The smallest absolute Gasteiger partial charge is 0.227 e. The lowest BCUT2D eigenvalue weighted by Crippen LogP contribution is -2.44. The number of methoxy groups -OCH3 is 1. The number of nitrogens with zero attached hydrogens (tertiary/aromatic N) is 3. The van der Waals surface area contributed by atoms with Gasteiger partial charge < -0.3 is 24.4 Å². The van der Waals surface area contributed by atoms with Gasteiger partial charge in [-0.3, -0.25) is 0 Å². The molecule has 0 unspecified atom stereocenters. The van der Waals surface area contributed by atoms with Crippen LogP contribution >= 0.6 is 11.3 Å². The van der Waals surface area contributed by atoms with Crippen molar-refractivity contribution in [2.24, 2.45) is 0 Å². The Bertz CT molecular complexity index is 969. The molecule has 2 heterocycles. The number of hydrogen-bond donors (Lipinski definition) is 1. The number of benzene rings is 2. The fourth-order valence-corrected chi connectivity index (χ4v) is 4.48. The van der Waals surface area contributed by atoms with E-state index >= 15 is 0 Å². The van der Waals surface area contributed by atoms with E-state index in [2.05, 4.69) is 21.8 Å². The van der Waals surface area contributed by atoms with Gasteiger partial charge in [-0.25, -0.2) is 0 Å². The quantitative estimate of drug-likeness (QED) is 0.622. The summed E-state index contributed by atoms with van der Waals surface area (Å²) in [5.74, 6) is 1.51. The van der Waals surface area contributed by atoms with Crippen LogP contribution < -0.4 is 14.4 Å². The Morgan fingerprint density at radius 1 is 1.00 bits per heavy atom. The van der Waals surface area contributed by atoms with Crippen LogP contribution in [0.25, 0.3) is 0 Å². The van der Waals surface area contributed by atoms with E-state index in [9.17, 15) is 5.11 Å². The molecule has 0 atom stereocenters. The SMILES string of the molecule is COc1cc(Cc2sc(N3CCN(C)CC3)nc2O)ccc1OCc1ccccc1. The molecule has 6 nitrogen and oxygen atoms in total. The zero-order valence-electron chi connectivity index (χ0n) is 17.4. The summed E-state index contributed by atoms with van der Waals surface area (Å²) in [5.41, 5.74) is 2.15. The summed E-state index contributed by atoms with van der Waals surface area (Å²) < 4.78 is 11.5. The molecule has 0 amide bonds. The van der Waals surface area contributed by atoms with Gasteiger partial charge in [-0.15, -0.1) is 0 Å². The van der Waals surface area contributed by atoms with Crippen molar-refractivity contribution in [1.29, 1.82) is 0 Å². The molecule has 0 bridgehead atoms. The Hall–Kier alpha value is -2.77. The van der Waals surface area contributed by atoms with Crippen LogP contribution in [0.15, 0.2) is 48.5 Å². The average Bonchev–Trinajstić information content (AvgIpc) is 3.14. The predicted molar refractivity (Wildman–Crippen MR) is 120 cm³/mol. The highest BCUT2D eigenvalue weighted by atomic mass is 32.1. The fourth-order valence-electron chi connectivity index (χ4n) is 3.44. The number of aromatic hydroxyl groups is 1. The Morgan fingerprint density at radius 2 is 1.77 bits per heavy atom. The number of hydrogen-bond acceptors (Lipinski definition) is 7. The van der Waals surface area contributed by atoms with Gasteiger partial charge in [0.1, 0.15) is 6.61 Å². The maximum atomic E-state index is 10.4. The molecule has 3 aromatic rings. The number of thiazole rings is 1. The second kappa shape index (κ2) is 9.36. The minimum Gasteiger partial charge on any atom is -0.493 e. The maximum absolute atomic E-state index is 10.4. The molecule has 30 heavy (non-hydrogen) atoms. The molecule has 1 saturated heterocycles. The van der Waals surface area contributed by atoms with Crippen molar-refractivity contribution in [1.82, 2.24) is 9.88 Å². The van der Waals surface area contributed by atoms with Crippen molar-refractivity contribution in [2.45, 2.75) is 13.0 Å². The van der Waals surface area contributed by atoms with Gasteiger partial charge in [-0.1, -0.05) is 47.7 Å². The largest absolute Gasteiger partial charge is 0.493 e. The number of ether oxygens (including phenoxy) is 2. The highest BCUT2D eigenvalue weighted by molar-refractivity contribution is 7.15. The Balaban J connectivity index is 1.44. The number of likely N-dealkylation sites (N-methyl/N-ethyl adjacent to an activating group) is 1. The summed E-state index contributed by atoms with van der Waals surface area (Å²) in [6.45, 7) is 4.38. The van der Waals surface area contributed by atoms with E-state index in [0.29, 0.717) is 24.5 Å². The number of piperazine rings is 1. The molecule has 4 rings (SSSR count). The first-order valence-corrected chi connectivity index (χ1v) is 10.9. The number of rotatable bonds is 7. The van der Waals surface area contributed by atoms with Crippen molar-refractivity contribution in [2.75, 3.05) is 45.2 Å². The van der Waals surface area contributed by atoms with Crippen LogP contribution in [0, 0.1) is 0 Å². The highest BCUT2D eigenvalue weighted by Gasteiger charge is 2.20. The van der Waals surface area contributed by atoms with Gasteiger partial charge in [0.15, 0.2) is 16.6 Å². The van der Waals surface area contributed by atoms with Gasteiger partial charge in [0.2, 0.25) is 5.88 Å². The van der Waals surface area contributed by atoms with Crippen LogP contribution in [-0.4, -0.2) is 55.3 Å². The Labute approximate surface area is 181 Å². The van der Waals surface area contributed by atoms with E-state index in [1.165, 1.54) is 0 Å². The predicted octanol–water partition coefficient (Wildman–Crippen LogP) is 3.78. The van der Waals surface area contributed by atoms with E-state index in [0.717, 1.165) is 47.3 Å². The molecular formula is C23H27N3O3S. The number of aromatic nitrogens is 1. The Kier molecular flexibility index (Phi) is 6.40. The zero-order chi connectivity index (χ0) is 20.9. The first-order valence-electron chi connectivity index (χ1n) is 10.1. The molecule has 1 aromatic heterocycles. The molecular weight excluding hydrogens is 398 g/mol. The van der Waals surface area contributed by atoms with E-state index < -0.39 is 0 Å². The van der Waals surface area contributed by atoms with E-state index in [1.54, 1.807) is 18.4 Å². The highest BCUT2D eigenvalue weighted by Crippen LogP contribution is 2.35. The lowest BCUT2D eigenvalue weighted by molar-refractivity contribution is 0.284. The molecule has 1 aliphatic rings.